The molecule has 2 aromatic carbocycles. The first-order valence-corrected chi connectivity index (χ1v) is 11.8. The summed E-state index contributed by atoms with van der Waals surface area (Å²) in [7, 11) is 3.42. The number of aromatic nitrogens is 1. The van der Waals surface area contributed by atoms with Crippen molar-refractivity contribution in [1.29, 1.82) is 0 Å². The number of methoxy groups -OCH3 is 2. The molecule has 1 fully saturated rings. The lowest BCUT2D eigenvalue weighted by Crippen LogP contribution is -2.29. The van der Waals surface area contributed by atoms with Gasteiger partial charge in [0.1, 0.15) is 11.5 Å². The maximum atomic E-state index is 5.65. The standard InChI is InChI=1S/C25H31N3O2S/c1-18(20-8-7-9-21(15-20)29-2)26-16-19-10-11-24(30-3)22(14-19)23-17-31-25(27-23)28-12-5-4-6-13-28/h7-11,14-15,17-18,26H,4-6,12-13,16H2,1-3H3/t18-/m1/s1. The van der Waals surface area contributed by atoms with Crippen LogP contribution in [0.15, 0.2) is 47.8 Å². The van der Waals surface area contributed by atoms with Crippen molar-refractivity contribution in [3.8, 4) is 22.8 Å². The van der Waals surface area contributed by atoms with Gasteiger partial charge in [-0.05, 0) is 61.6 Å². The summed E-state index contributed by atoms with van der Waals surface area (Å²) >= 11 is 1.73. The molecule has 5 nitrogen and oxygen atoms in total. The zero-order valence-corrected chi connectivity index (χ0v) is 19.4. The van der Waals surface area contributed by atoms with Gasteiger partial charge in [0.05, 0.1) is 19.9 Å². The maximum absolute atomic E-state index is 5.65. The number of nitrogens with zero attached hydrogens (tertiary/aromatic N) is 2. The first-order valence-electron chi connectivity index (χ1n) is 10.9. The quantitative estimate of drug-likeness (QED) is 0.492. The van der Waals surface area contributed by atoms with Crippen LogP contribution >= 0.6 is 11.3 Å². The third kappa shape index (κ3) is 5.20. The van der Waals surface area contributed by atoms with Crippen LogP contribution in [0.5, 0.6) is 11.5 Å². The Morgan fingerprint density at radius 3 is 2.68 bits per heavy atom. The Hall–Kier alpha value is -2.57. The average molecular weight is 438 g/mol. The molecule has 1 atom stereocenters. The molecule has 31 heavy (non-hydrogen) atoms. The van der Waals surface area contributed by atoms with Crippen LogP contribution in [0.25, 0.3) is 11.3 Å². The van der Waals surface area contributed by atoms with Gasteiger partial charge in [0.25, 0.3) is 0 Å². The second kappa shape index (κ2) is 10.2. The molecule has 0 aliphatic carbocycles. The highest BCUT2D eigenvalue weighted by Gasteiger charge is 2.17. The predicted molar refractivity (Wildman–Crippen MR) is 128 cm³/mol. The van der Waals surface area contributed by atoms with Gasteiger partial charge in [0.2, 0.25) is 0 Å². The number of ether oxygens (including phenoxy) is 2. The van der Waals surface area contributed by atoms with Gasteiger partial charge in [-0.1, -0.05) is 18.2 Å². The van der Waals surface area contributed by atoms with Crippen molar-refractivity contribution in [2.24, 2.45) is 0 Å². The zero-order valence-electron chi connectivity index (χ0n) is 18.6. The van der Waals surface area contributed by atoms with E-state index in [1.165, 1.54) is 30.4 Å². The summed E-state index contributed by atoms with van der Waals surface area (Å²) in [6, 6.07) is 14.8. The predicted octanol–water partition coefficient (Wildman–Crippen LogP) is 5.67. The van der Waals surface area contributed by atoms with Crippen molar-refractivity contribution in [2.45, 2.75) is 38.8 Å². The fourth-order valence-electron chi connectivity index (χ4n) is 3.98. The van der Waals surface area contributed by atoms with E-state index >= 15 is 0 Å². The number of benzene rings is 2. The largest absolute Gasteiger partial charge is 0.497 e. The van der Waals surface area contributed by atoms with Gasteiger partial charge in [0, 0.05) is 36.6 Å². The molecule has 1 aliphatic rings. The highest BCUT2D eigenvalue weighted by atomic mass is 32.1. The number of hydrogen-bond acceptors (Lipinski definition) is 6. The van der Waals surface area contributed by atoms with Crippen LogP contribution in [0.4, 0.5) is 5.13 Å². The molecule has 3 aromatic rings. The van der Waals surface area contributed by atoms with Gasteiger partial charge in [-0.15, -0.1) is 11.3 Å². The van der Waals surface area contributed by atoms with Crippen LogP contribution in [0.1, 0.15) is 43.4 Å². The van der Waals surface area contributed by atoms with E-state index in [9.17, 15) is 0 Å². The van der Waals surface area contributed by atoms with Crippen LogP contribution in [0.3, 0.4) is 0 Å². The molecule has 4 rings (SSSR count). The van der Waals surface area contributed by atoms with Crippen molar-refractivity contribution >= 4 is 16.5 Å². The fourth-order valence-corrected chi connectivity index (χ4v) is 4.86. The Morgan fingerprint density at radius 1 is 1.06 bits per heavy atom. The summed E-state index contributed by atoms with van der Waals surface area (Å²) in [6.45, 7) is 5.15. The molecule has 2 heterocycles. The minimum Gasteiger partial charge on any atom is -0.497 e. The van der Waals surface area contributed by atoms with E-state index in [0.717, 1.165) is 47.5 Å². The van der Waals surface area contributed by atoms with Crippen molar-refractivity contribution in [3.63, 3.8) is 0 Å². The number of piperidine rings is 1. The third-order valence-electron chi connectivity index (χ3n) is 5.86. The Balaban J connectivity index is 1.49. The Bertz CT molecular complexity index is 998. The molecule has 0 spiro atoms. The number of hydrogen-bond donors (Lipinski definition) is 1. The summed E-state index contributed by atoms with van der Waals surface area (Å²) < 4.78 is 11.0. The van der Waals surface area contributed by atoms with Gasteiger partial charge in [-0.2, -0.15) is 0 Å². The van der Waals surface area contributed by atoms with E-state index in [1.807, 2.05) is 18.2 Å². The van der Waals surface area contributed by atoms with E-state index in [2.05, 4.69) is 46.8 Å². The summed E-state index contributed by atoms with van der Waals surface area (Å²) in [5.41, 5.74) is 4.46. The van der Waals surface area contributed by atoms with E-state index < -0.39 is 0 Å². The van der Waals surface area contributed by atoms with Crippen LogP contribution < -0.4 is 19.7 Å². The fraction of sp³-hybridized carbons (Fsp3) is 0.400. The second-order valence-electron chi connectivity index (χ2n) is 7.98. The minimum absolute atomic E-state index is 0.214. The molecule has 1 aliphatic heterocycles. The normalized spacial score (nSPS) is 15.0. The smallest absolute Gasteiger partial charge is 0.185 e. The summed E-state index contributed by atoms with van der Waals surface area (Å²) in [5, 5.41) is 6.89. The Kier molecular flexibility index (Phi) is 7.10. The van der Waals surface area contributed by atoms with E-state index in [0.29, 0.717) is 0 Å². The molecular weight excluding hydrogens is 406 g/mol. The van der Waals surface area contributed by atoms with Crippen LogP contribution in [-0.4, -0.2) is 32.3 Å². The maximum Gasteiger partial charge on any atom is 0.185 e. The number of thiazole rings is 1. The highest BCUT2D eigenvalue weighted by molar-refractivity contribution is 7.14. The highest BCUT2D eigenvalue weighted by Crippen LogP contribution is 2.35. The lowest BCUT2D eigenvalue weighted by Gasteiger charge is -2.25. The number of nitrogens with one attached hydrogen (secondary N) is 1. The second-order valence-corrected chi connectivity index (χ2v) is 8.81. The van der Waals surface area contributed by atoms with E-state index in [-0.39, 0.29) is 6.04 Å². The molecule has 1 N–H and O–H groups in total. The molecule has 164 valence electrons. The molecule has 0 unspecified atom stereocenters. The van der Waals surface area contributed by atoms with Crippen molar-refractivity contribution in [2.75, 3.05) is 32.2 Å². The minimum atomic E-state index is 0.214. The monoisotopic (exact) mass is 437 g/mol. The van der Waals surface area contributed by atoms with E-state index in [1.54, 1.807) is 25.6 Å². The summed E-state index contributed by atoms with van der Waals surface area (Å²) in [6.07, 6.45) is 3.83. The third-order valence-corrected chi connectivity index (χ3v) is 6.77. The first kappa shape index (κ1) is 21.7. The molecule has 1 saturated heterocycles. The summed E-state index contributed by atoms with van der Waals surface area (Å²) in [5.74, 6) is 1.74. The summed E-state index contributed by atoms with van der Waals surface area (Å²) in [4.78, 5) is 7.35. The molecule has 1 aromatic heterocycles. The van der Waals surface area contributed by atoms with E-state index in [4.69, 9.17) is 14.5 Å². The SMILES string of the molecule is COc1cccc([C@@H](C)NCc2ccc(OC)c(-c3csc(N4CCCCC4)n3)c2)c1. The Labute approximate surface area is 189 Å². The molecular formula is C25H31N3O2S. The number of anilines is 1. The molecule has 0 radical (unpaired) electrons. The van der Waals surface area contributed by atoms with Gasteiger partial charge in [0.15, 0.2) is 5.13 Å². The van der Waals surface area contributed by atoms with Gasteiger partial charge < -0.3 is 19.7 Å². The van der Waals surface area contributed by atoms with Crippen molar-refractivity contribution < 1.29 is 9.47 Å². The molecule has 0 amide bonds. The van der Waals surface area contributed by atoms with Crippen molar-refractivity contribution in [1.82, 2.24) is 10.3 Å². The topological polar surface area (TPSA) is 46.6 Å². The van der Waals surface area contributed by atoms with Crippen LogP contribution in [0, 0.1) is 0 Å². The number of rotatable bonds is 8. The molecule has 0 bridgehead atoms. The van der Waals surface area contributed by atoms with Gasteiger partial charge >= 0.3 is 0 Å². The zero-order chi connectivity index (χ0) is 21.6. The lowest BCUT2D eigenvalue weighted by molar-refractivity contribution is 0.413. The lowest BCUT2D eigenvalue weighted by atomic mass is 10.1. The molecule has 0 saturated carbocycles. The Morgan fingerprint density at radius 2 is 1.90 bits per heavy atom. The van der Waals surface area contributed by atoms with Crippen molar-refractivity contribution in [3.05, 3.63) is 59.0 Å². The first-order chi connectivity index (χ1) is 15.2. The molecule has 6 heteroatoms. The average Bonchev–Trinajstić information content (AvgIpc) is 3.33. The van der Waals surface area contributed by atoms with Gasteiger partial charge in [-0.25, -0.2) is 4.98 Å². The van der Waals surface area contributed by atoms with Gasteiger partial charge in [-0.3, -0.25) is 0 Å². The van der Waals surface area contributed by atoms with Crippen LogP contribution in [-0.2, 0) is 6.54 Å². The van der Waals surface area contributed by atoms with Crippen LogP contribution in [0.2, 0.25) is 0 Å².